The largest absolute Gasteiger partial charge is 0.358 e. The summed E-state index contributed by atoms with van der Waals surface area (Å²) in [4.78, 5) is 33.6. The van der Waals surface area contributed by atoms with Crippen molar-refractivity contribution in [1.82, 2.24) is 29.5 Å². The van der Waals surface area contributed by atoms with E-state index in [0.29, 0.717) is 34.0 Å². The maximum Gasteiger partial charge on any atom is 0.269 e. The number of anilines is 1. The summed E-state index contributed by atoms with van der Waals surface area (Å²) in [5.74, 6) is 0.359. The lowest BCUT2D eigenvalue weighted by molar-refractivity contribution is 0.635. The van der Waals surface area contributed by atoms with Gasteiger partial charge in [-0.05, 0) is 43.7 Å². The van der Waals surface area contributed by atoms with Crippen LogP contribution in [0.4, 0.5) is 10.2 Å². The predicted octanol–water partition coefficient (Wildman–Crippen LogP) is 3.67. The molecule has 2 aromatic carbocycles. The van der Waals surface area contributed by atoms with Gasteiger partial charge < -0.3 is 10.3 Å². The van der Waals surface area contributed by atoms with E-state index in [4.69, 9.17) is 0 Å². The number of nitrogens with one attached hydrogen (secondary N) is 2. The van der Waals surface area contributed by atoms with Gasteiger partial charge >= 0.3 is 0 Å². The minimum absolute atomic E-state index is 0.0436. The molecule has 0 fully saturated rings. The Balaban J connectivity index is 1.72. The number of aromatic amines is 1. The molecule has 0 aliphatic heterocycles. The number of imidazole rings is 1. The second-order valence-corrected chi connectivity index (χ2v) is 7.27. The second-order valence-electron chi connectivity index (χ2n) is 7.27. The van der Waals surface area contributed by atoms with Crippen molar-refractivity contribution in [3.8, 4) is 5.69 Å². The number of nitrogens with zero attached hydrogens (tertiary/aromatic N) is 5. The van der Waals surface area contributed by atoms with Crippen LogP contribution >= 0.6 is 0 Å². The first-order valence-electron chi connectivity index (χ1n) is 9.72. The van der Waals surface area contributed by atoms with Gasteiger partial charge in [0, 0.05) is 0 Å². The summed E-state index contributed by atoms with van der Waals surface area (Å²) in [6.07, 6.45) is 2.95. The molecule has 0 amide bonds. The van der Waals surface area contributed by atoms with Gasteiger partial charge in [-0.25, -0.2) is 24.3 Å². The van der Waals surface area contributed by atoms with E-state index in [1.807, 2.05) is 32.0 Å². The predicted molar refractivity (Wildman–Crippen MR) is 116 cm³/mol. The Labute approximate surface area is 175 Å². The van der Waals surface area contributed by atoms with E-state index in [1.54, 1.807) is 18.2 Å². The molecule has 0 bridgehead atoms. The smallest absolute Gasteiger partial charge is 0.269 e. The fourth-order valence-corrected chi connectivity index (χ4v) is 3.66. The monoisotopic (exact) mass is 415 g/mol. The number of benzene rings is 2. The lowest BCUT2D eigenvalue weighted by Gasteiger charge is -2.20. The molecule has 8 nitrogen and oxygen atoms in total. The van der Waals surface area contributed by atoms with Crippen molar-refractivity contribution in [3.63, 3.8) is 0 Å². The summed E-state index contributed by atoms with van der Waals surface area (Å²) >= 11 is 0. The quantitative estimate of drug-likeness (QED) is 0.464. The molecule has 9 heteroatoms. The standard InChI is InChI=1S/C22H18FN7O/c1-12-5-3-6-14(9-12)30-21(29-16-8-4-7-15(23)17(16)22(30)31)13(2)28-20-18-19(25-10-24-18)26-11-27-20/h3-11,13H,1-2H3,(H2,24,25,26,27,28). The number of fused-ring (bicyclic) bond motifs is 2. The Kier molecular flexibility index (Phi) is 4.43. The lowest BCUT2D eigenvalue weighted by Crippen LogP contribution is -2.28. The fraction of sp³-hybridized carbons (Fsp3) is 0.136. The summed E-state index contributed by atoms with van der Waals surface area (Å²) in [5, 5.41) is 3.24. The molecule has 0 saturated heterocycles. The van der Waals surface area contributed by atoms with E-state index in [9.17, 15) is 9.18 Å². The Morgan fingerprint density at radius 1 is 1.13 bits per heavy atom. The van der Waals surface area contributed by atoms with Crippen molar-refractivity contribution >= 4 is 27.9 Å². The number of hydrogen-bond donors (Lipinski definition) is 2. The van der Waals surface area contributed by atoms with Crippen LogP contribution in [0.15, 0.2) is 59.9 Å². The van der Waals surface area contributed by atoms with Crippen LogP contribution in [0.3, 0.4) is 0 Å². The first kappa shape index (κ1) is 18.9. The van der Waals surface area contributed by atoms with Gasteiger partial charge in [0.25, 0.3) is 5.56 Å². The molecule has 0 aliphatic carbocycles. The molecule has 5 aromatic rings. The molecule has 0 aliphatic rings. The van der Waals surface area contributed by atoms with Crippen LogP contribution in [0, 0.1) is 12.7 Å². The molecule has 0 spiro atoms. The van der Waals surface area contributed by atoms with E-state index in [-0.39, 0.29) is 5.39 Å². The molecule has 0 saturated carbocycles. The summed E-state index contributed by atoms with van der Waals surface area (Å²) in [6.45, 7) is 3.80. The molecule has 31 heavy (non-hydrogen) atoms. The van der Waals surface area contributed by atoms with Crippen molar-refractivity contribution < 1.29 is 4.39 Å². The summed E-state index contributed by atoms with van der Waals surface area (Å²) in [5.41, 5.74) is 2.58. The number of aryl methyl sites for hydroxylation is 1. The van der Waals surface area contributed by atoms with Crippen LogP contribution in [0.2, 0.25) is 0 Å². The van der Waals surface area contributed by atoms with E-state index in [0.717, 1.165) is 5.56 Å². The van der Waals surface area contributed by atoms with Gasteiger partial charge in [-0.3, -0.25) is 9.36 Å². The lowest BCUT2D eigenvalue weighted by atomic mass is 10.1. The van der Waals surface area contributed by atoms with Crippen LogP contribution in [-0.4, -0.2) is 29.5 Å². The Bertz CT molecular complexity index is 1490. The minimum Gasteiger partial charge on any atom is -0.358 e. The van der Waals surface area contributed by atoms with Crippen LogP contribution in [0.1, 0.15) is 24.4 Å². The number of H-pyrrole nitrogens is 1. The molecule has 2 N–H and O–H groups in total. The first-order chi connectivity index (χ1) is 15.0. The zero-order chi connectivity index (χ0) is 21.5. The Hall–Kier alpha value is -4.14. The minimum atomic E-state index is -0.599. The summed E-state index contributed by atoms with van der Waals surface area (Å²) < 4.78 is 16.0. The van der Waals surface area contributed by atoms with Crippen molar-refractivity contribution in [2.75, 3.05) is 5.32 Å². The second kappa shape index (κ2) is 7.28. The van der Waals surface area contributed by atoms with Gasteiger partial charge in [0.15, 0.2) is 11.5 Å². The number of hydrogen-bond acceptors (Lipinski definition) is 6. The SMILES string of the molecule is Cc1cccc(-n2c(C(C)Nc3ncnc4nc[nH]c34)nc3cccc(F)c3c2=O)c1. The van der Waals surface area contributed by atoms with E-state index >= 15 is 0 Å². The van der Waals surface area contributed by atoms with Gasteiger partial charge in [-0.15, -0.1) is 0 Å². The highest BCUT2D eigenvalue weighted by Gasteiger charge is 2.21. The average Bonchev–Trinajstić information content (AvgIpc) is 3.23. The molecular formula is C22H18FN7O. The van der Waals surface area contributed by atoms with Crippen molar-refractivity contribution in [2.45, 2.75) is 19.9 Å². The van der Waals surface area contributed by atoms with Crippen molar-refractivity contribution in [2.24, 2.45) is 0 Å². The number of rotatable bonds is 4. The zero-order valence-corrected chi connectivity index (χ0v) is 16.8. The third-order valence-corrected chi connectivity index (χ3v) is 5.10. The Morgan fingerprint density at radius 3 is 2.81 bits per heavy atom. The summed E-state index contributed by atoms with van der Waals surface area (Å²) in [6, 6.07) is 11.5. The maximum atomic E-state index is 14.5. The Morgan fingerprint density at radius 2 is 1.97 bits per heavy atom. The average molecular weight is 415 g/mol. The van der Waals surface area contributed by atoms with Crippen LogP contribution < -0.4 is 10.9 Å². The molecule has 0 radical (unpaired) electrons. The molecule has 5 rings (SSSR count). The molecule has 154 valence electrons. The van der Waals surface area contributed by atoms with Gasteiger partial charge in [0.05, 0.1) is 23.6 Å². The zero-order valence-electron chi connectivity index (χ0n) is 16.8. The van der Waals surface area contributed by atoms with Crippen molar-refractivity contribution in [3.05, 3.63) is 82.7 Å². The van der Waals surface area contributed by atoms with Gasteiger partial charge in [0.2, 0.25) is 0 Å². The van der Waals surface area contributed by atoms with Gasteiger partial charge in [-0.2, -0.15) is 0 Å². The molecule has 3 heterocycles. The van der Waals surface area contributed by atoms with E-state index in [2.05, 4.69) is 30.2 Å². The normalized spacial score (nSPS) is 12.4. The highest BCUT2D eigenvalue weighted by atomic mass is 19.1. The fourth-order valence-electron chi connectivity index (χ4n) is 3.66. The van der Waals surface area contributed by atoms with Gasteiger partial charge in [-0.1, -0.05) is 18.2 Å². The highest BCUT2D eigenvalue weighted by Crippen LogP contribution is 2.24. The van der Waals surface area contributed by atoms with Crippen LogP contribution in [0.25, 0.3) is 27.8 Å². The molecular weight excluding hydrogens is 397 g/mol. The van der Waals surface area contributed by atoms with Crippen LogP contribution in [0.5, 0.6) is 0 Å². The number of aromatic nitrogens is 6. The maximum absolute atomic E-state index is 14.5. The summed E-state index contributed by atoms with van der Waals surface area (Å²) in [7, 11) is 0. The third-order valence-electron chi connectivity index (χ3n) is 5.10. The third kappa shape index (κ3) is 3.20. The van der Waals surface area contributed by atoms with E-state index in [1.165, 1.54) is 23.3 Å². The van der Waals surface area contributed by atoms with Gasteiger partial charge in [0.1, 0.15) is 28.9 Å². The van der Waals surface area contributed by atoms with Crippen molar-refractivity contribution in [1.29, 1.82) is 0 Å². The van der Waals surface area contributed by atoms with Crippen LogP contribution in [-0.2, 0) is 0 Å². The highest BCUT2D eigenvalue weighted by molar-refractivity contribution is 5.82. The topological polar surface area (TPSA) is 101 Å². The molecule has 1 unspecified atom stereocenters. The van der Waals surface area contributed by atoms with E-state index < -0.39 is 17.4 Å². The number of halogens is 1. The first-order valence-corrected chi connectivity index (χ1v) is 9.72. The molecule has 3 aromatic heterocycles. The molecule has 1 atom stereocenters.